The van der Waals surface area contributed by atoms with E-state index in [1.807, 2.05) is 6.07 Å². The summed E-state index contributed by atoms with van der Waals surface area (Å²) in [5, 5.41) is 0. The number of hydrogen-bond donors (Lipinski definition) is 0. The molecule has 0 N–H and O–H groups in total. The molecule has 2 aliphatic heterocycles. The van der Waals surface area contributed by atoms with Gasteiger partial charge >= 0.3 is 0 Å². The van der Waals surface area contributed by atoms with Gasteiger partial charge in [0.2, 0.25) is 0 Å². The van der Waals surface area contributed by atoms with E-state index >= 15 is 0 Å². The van der Waals surface area contributed by atoms with Crippen LogP contribution in [0.5, 0.6) is 5.75 Å². The highest BCUT2D eigenvalue weighted by molar-refractivity contribution is 5.53. The Hall–Kier alpha value is -1.29. The van der Waals surface area contributed by atoms with Gasteiger partial charge in [0, 0.05) is 31.2 Å². The molecule has 110 valence electrons. The molecule has 2 aliphatic rings. The maximum atomic E-state index is 14.2. The molecule has 0 radical (unpaired) electrons. The van der Waals surface area contributed by atoms with Crippen LogP contribution in [0.1, 0.15) is 26.2 Å². The summed E-state index contributed by atoms with van der Waals surface area (Å²) < 4.78 is 19.4. The van der Waals surface area contributed by atoms with E-state index in [9.17, 15) is 4.39 Å². The van der Waals surface area contributed by atoms with E-state index in [0.717, 1.165) is 18.8 Å². The fourth-order valence-corrected chi connectivity index (χ4v) is 3.53. The lowest BCUT2D eigenvalue weighted by Gasteiger charge is -2.48. The molecular weight excluding hydrogens is 255 g/mol. The Morgan fingerprint density at radius 3 is 2.90 bits per heavy atom. The van der Waals surface area contributed by atoms with Gasteiger partial charge in [0.05, 0.1) is 12.8 Å². The normalized spacial score (nSPS) is 27.2. The van der Waals surface area contributed by atoms with Crippen LogP contribution in [-0.2, 0) is 0 Å². The van der Waals surface area contributed by atoms with Crippen molar-refractivity contribution < 1.29 is 9.13 Å². The van der Waals surface area contributed by atoms with Crippen LogP contribution in [0.25, 0.3) is 0 Å². The molecule has 0 spiro atoms. The average Bonchev–Trinajstić information content (AvgIpc) is 2.47. The van der Waals surface area contributed by atoms with Gasteiger partial charge in [0.15, 0.2) is 0 Å². The van der Waals surface area contributed by atoms with E-state index in [0.29, 0.717) is 17.8 Å². The molecule has 3 rings (SSSR count). The smallest absolute Gasteiger partial charge is 0.146 e. The first-order valence-corrected chi connectivity index (χ1v) is 7.53. The minimum atomic E-state index is -0.151. The van der Waals surface area contributed by atoms with Crippen molar-refractivity contribution in [2.75, 3.05) is 31.6 Å². The molecule has 2 atom stereocenters. The van der Waals surface area contributed by atoms with Gasteiger partial charge in [0.1, 0.15) is 11.6 Å². The second kappa shape index (κ2) is 5.60. The summed E-state index contributed by atoms with van der Waals surface area (Å²) in [4.78, 5) is 4.78. The molecule has 20 heavy (non-hydrogen) atoms. The number of hydrogen-bond acceptors (Lipinski definition) is 3. The standard InChI is InChI=1S/C16H23FN2O/c1-12-10-18-8-4-3-5-13(18)11-19(12)16-9-14(20-2)6-7-15(16)17/h6-7,9,12-13H,3-5,8,10-11H2,1-2H3. The van der Waals surface area contributed by atoms with Crippen molar-refractivity contribution in [3.63, 3.8) is 0 Å². The third kappa shape index (κ3) is 2.49. The van der Waals surface area contributed by atoms with Gasteiger partial charge in [-0.1, -0.05) is 6.42 Å². The maximum absolute atomic E-state index is 14.2. The van der Waals surface area contributed by atoms with Crippen LogP contribution in [0.4, 0.5) is 10.1 Å². The minimum absolute atomic E-state index is 0.151. The lowest BCUT2D eigenvalue weighted by molar-refractivity contribution is 0.115. The van der Waals surface area contributed by atoms with Crippen LogP contribution in [0.15, 0.2) is 18.2 Å². The Balaban J connectivity index is 1.85. The van der Waals surface area contributed by atoms with Gasteiger partial charge in [-0.2, -0.15) is 0 Å². The monoisotopic (exact) mass is 278 g/mol. The largest absolute Gasteiger partial charge is 0.497 e. The zero-order chi connectivity index (χ0) is 14.1. The number of piperazine rings is 1. The number of anilines is 1. The quantitative estimate of drug-likeness (QED) is 0.827. The number of rotatable bonds is 2. The first kappa shape index (κ1) is 13.7. The molecule has 1 aromatic carbocycles. The van der Waals surface area contributed by atoms with Crippen molar-refractivity contribution in [2.45, 2.75) is 38.3 Å². The first-order valence-electron chi connectivity index (χ1n) is 7.53. The molecule has 1 aromatic rings. The van der Waals surface area contributed by atoms with Crippen LogP contribution in [-0.4, -0.2) is 43.7 Å². The van der Waals surface area contributed by atoms with Crippen molar-refractivity contribution in [2.24, 2.45) is 0 Å². The highest BCUT2D eigenvalue weighted by atomic mass is 19.1. The van der Waals surface area contributed by atoms with Crippen molar-refractivity contribution >= 4 is 5.69 Å². The molecule has 2 saturated heterocycles. The van der Waals surface area contributed by atoms with Gasteiger partial charge in [-0.3, -0.25) is 4.90 Å². The van der Waals surface area contributed by atoms with Crippen LogP contribution < -0.4 is 9.64 Å². The van der Waals surface area contributed by atoms with Crippen LogP contribution in [0.3, 0.4) is 0 Å². The Labute approximate surface area is 120 Å². The first-order chi connectivity index (χ1) is 9.69. The van der Waals surface area contributed by atoms with E-state index in [-0.39, 0.29) is 5.82 Å². The minimum Gasteiger partial charge on any atom is -0.497 e. The van der Waals surface area contributed by atoms with Gasteiger partial charge in [-0.05, 0) is 38.4 Å². The molecule has 0 saturated carbocycles. The van der Waals surface area contributed by atoms with Gasteiger partial charge in [-0.15, -0.1) is 0 Å². The molecule has 2 heterocycles. The zero-order valence-electron chi connectivity index (χ0n) is 12.3. The molecule has 0 aliphatic carbocycles. The average molecular weight is 278 g/mol. The topological polar surface area (TPSA) is 15.7 Å². The van der Waals surface area contributed by atoms with Gasteiger partial charge < -0.3 is 9.64 Å². The zero-order valence-corrected chi connectivity index (χ0v) is 12.3. The third-order valence-corrected chi connectivity index (χ3v) is 4.65. The van der Waals surface area contributed by atoms with E-state index in [2.05, 4.69) is 16.7 Å². The van der Waals surface area contributed by atoms with E-state index in [4.69, 9.17) is 4.74 Å². The molecule has 0 amide bonds. The van der Waals surface area contributed by atoms with E-state index in [1.54, 1.807) is 13.2 Å². The molecular formula is C16H23FN2O. The summed E-state index contributed by atoms with van der Waals surface area (Å²) in [6.45, 7) is 5.33. The fourth-order valence-electron chi connectivity index (χ4n) is 3.53. The van der Waals surface area contributed by atoms with Crippen molar-refractivity contribution in [1.29, 1.82) is 0 Å². The molecule has 2 unspecified atom stereocenters. The highest BCUT2D eigenvalue weighted by Gasteiger charge is 2.34. The highest BCUT2D eigenvalue weighted by Crippen LogP contribution is 2.31. The molecule has 2 fully saturated rings. The number of ether oxygens (including phenoxy) is 1. The Bertz CT molecular complexity index is 480. The summed E-state index contributed by atoms with van der Waals surface area (Å²) in [5.41, 5.74) is 0.682. The number of methoxy groups -OCH3 is 1. The van der Waals surface area contributed by atoms with Crippen molar-refractivity contribution in [3.05, 3.63) is 24.0 Å². The molecule has 4 heteroatoms. The van der Waals surface area contributed by atoms with Crippen LogP contribution in [0, 0.1) is 5.82 Å². The number of nitrogens with zero attached hydrogens (tertiary/aromatic N) is 2. The lowest BCUT2D eigenvalue weighted by Crippen LogP contribution is -2.59. The Kier molecular flexibility index (Phi) is 3.83. The Morgan fingerprint density at radius 2 is 2.10 bits per heavy atom. The van der Waals surface area contributed by atoms with Crippen molar-refractivity contribution in [3.8, 4) is 5.75 Å². The van der Waals surface area contributed by atoms with E-state index < -0.39 is 0 Å². The Morgan fingerprint density at radius 1 is 1.25 bits per heavy atom. The van der Waals surface area contributed by atoms with Crippen LogP contribution in [0.2, 0.25) is 0 Å². The van der Waals surface area contributed by atoms with Crippen LogP contribution >= 0.6 is 0 Å². The molecule has 0 bridgehead atoms. The number of halogens is 1. The number of piperidine rings is 1. The summed E-state index contributed by atoms with van der Waals surface area (Å²) in [6, 6.07) is 5.93. The second-order valence-corrected chi connectivity index (χ2v) is 5.96. The fraction of sp³-hybridized carbons (Fsp3) is 0.625. The van der Waals surface area contributed by atoms with Crippen molar-refractivity contribution in [1.82, 2.24) is 4.90 Å². The van der Waals surface area contributed by atoms with E-state index in [1.165, 1.54) is 31.9 Å². The van der Waals surface area contributed by atoms with Gasteiger partial charge in [-0.25, -0.2) is 4.39 Å². The third-order valence-electron chi connectivity index (χ3n) is 4.65. The summed E-state index contributed by atoms with van der Waals surface area (Å²) in [5.74, 6) is 0.571. The maximum Gasteiger partial charge on any atom is 0.146 e. The number of benzene rings is 1. The summed E-state index contributed by atoms with van der Waals surface area (Å²) in [7, 11) is 1.62. The summed E-state index contributed by atoms with van der Waals surface area (Å²) in [6.07, 6.45) is 3.83. The second-order valence-electron chi connectivity index (χ2n) is 5.96. The predicted octanol–water partition coefficient (Wildman–Crippen LogP) is 2.90. The predicted molar refractivity (Wildman–Crippen MR) is 79.0 cm³/mol. The lowest BCUT2D eigenvalue weighted by atomic mass is 9.96. The summed E-state index contributed by atoms with van der Waals surface area (Å²) >= 11 is 0. The SMILES string of the molecule is COc1ccc(F)c(N2CC3CCCCN3CC2C)c1. The van der Waals surface area contributed by atoms with Gasteiger partial charge in [0.25, 0.3) is 0 Å². The molecule has 3 nitrogen and oxygen atoms in total. The number of fused-ring (bicyclic) bond motifs is 1. The molecule has 0 aromatic heterocycles.